The van der Waals surface area contributed by atoms with Gasteiger partial charge in [-0.15, -0.1) is 0 Å². The molecular formula is C22H29NO3Si. The predicted octanol–water partition coefficient (Wildman–Crippen LogP) is 2.42. The number of benzene rings is 2. The van der Waals surface area contributed by atoms with Crippen molar-refractivity contribution in [2.75, 3.05) is 26.8 Å². The van der Waals surface area contributed by atoms with Gasteiger partial charge >= 0.3 is 5.97 Å². The first-order valence-corrected chi connectivity index (χ1v) is 11.4. The minimum Gasteiger partial charge on any atom is -0.468 e. The summed E-state index contributed by atoms with van der Waals surface area (Å²) in [6.45, 7) is 8.91. The van der Waals surface area contributed by atoms with Crippen LogP contribution in [0.1, 0.15) is 20.8 Å². The normalized spacial score (nSPS) is 19.6. The van der Waals surface area contributed by atoms with Gasteiger partial charge in [0.15, 0.2) is 0 Å². The van der Waals surface area contributed by atoms with Crippen molar-refractivity contribution in [1.29, 1.82) is 0 Å². The highest BCUT2D eigenvalue weighted by Crippen LogP contribution is 2.36. The smallest absolute Gasteiger partial charge is 0.324 e. The maximum atomic E-state index is 11.7. The molecule has 0 unspecified atom stereocenters. The van der Waals surface area contributed by atoms with Gasteiger partial charge < -0.3 is 9.16 Å². The molecule has 0 amide bonds. The van der Waals surface area contributed by atoms with Crippen molar-refractivity contribution in [2.45, 2.75) is 31.9 Å². The van der Waals surface area contributed by atoms with Crippen LogP contribution in [0.2, 0.25) is 5.04 Å². The maximum Gasteiger partial charge on any atom is 0.324 e. The second-order valence-corrected chi connectivity index (χ2v) is 12.4. The van der Waals surface area contributed by atoms with Crippen molar-refractivity contribution in [3.8, 4) is 0 Å². The molecule has 3 rings (SSSR count). The lowest BCUT2D eigenvalue weighted by Crippen LogP contribution is -2.66. The molecule has 0 radical (unpaired) electrons. The average Bonchev–Trinajstić information content (AvgIpc) is 3.44. The van der Waals surface area contributed by atoms with E-state index in [4.69, 9.17) is 9.16 Å². The summed E-state index contributed by atoms with van der Waals surface area (Å²) < 4.78 is 11.7. The first kappa shape index (κ1) is 19.8. The quantitative estimate of drug-likeness (QED) is 0.418. The molecule has 0 aliphatic carbocycles. The topological polar surface area (TPSA) is 38.5 Å². The van der Waals surface area contributed by atoms with Gasteiger partial charge in [-0.1, -0.05) is 81.4 Å². The van der Waals surface area contributed by atoms with Gasteiger partial charge in [0.1, 0.15) is 6.04 Å². The Hall–Kier alpha value is -1.95. The van der Waals surface area contributed by atoms with Crippen LogP contribution in [0, 0.1) is 0 Å². The lowest BCUT2D eigenvalue weighted by atomic mass is 10.2. The number of hydrogen-bond acceptors (Lipinski definition) is 4. The molecule has 144 valence electrons. The van der Waals surface area contributed by atoms with Crippen molar-refractivity contribution >= 4 is 24.7 Å². The van der Waals surface area contributed by atoms with Crippen LogP contribution in [0.4, 0.5) is 0 Å². The van der Waals surface area contributed by atoms with E-state index in [9.17, 15) is 4.79 Å². The molecule has 0 N–H and O–H groups in total. The second kappa shape index (κ2) is 7.96. The fraction of sp³-hybridized carbons (Fsp3) is 0.409. The van der Waals surface area contributed by atoms with E-state index < -0.39 is 8.32 Å². The van der Waals surface area contributed by atoms with Crippen LogP contribution in [-0.2, 0) is 14.0 Å². The Labute approximate surface area is 163 Å². The highest BCUT2D eigenvalue weighted by atomic mass is 28.4. The Bertz CT molecular complexity index is 719. The van der Waals surface area contributed by atoms with Crippen LogP contribution in [0.25, 0.3) is 0 Å². The number of nitrogens with zero attached hydrogens (tertiary/aromatic N) is 1. The molecule has 1 saturated heterocycles. The van der Waals surface area contributed by atoms with Crippen LogP contribution in [0.3, 0.4) is 0 Å². The number of rotatable bonds is 7. The minimum absolute atomic E-state index is 0.0314. The van der Waals surface area contributed by atoms with Crippen LogP contribution in [-0.4, -0.2) is 52.0 Å². The van der Waals surface area contributed by atoms with Gasteiger partial charge in [-0.05, 0) is 15.4 Å². The summed E-state index contributed by atoms with van der Waals surface area (Å²) in [4.78, 5) is 13.8. The standard InChI is InChI=1S/C22H29NO3Si/c1-22(2,3)27(18-11-7-5-8-12-18,19-13-9-6-10-14-19)26-16-15-23-17-20(23)21(24)25-4/h5-14,20H,15-17H2,1-4H3/t20-,23+/m1/s1. The van der Waals surface area contributed by atoms with Crippen LogP contribution < -0.4 is 10.4 Å². The third kappa shape index (κ3) is 4.00. The second-order valence-electron chi connectivity index (χ2n) is 8.05. The lowest BCUT2D eigenvalue weighted by Gasteiger charge is -2.43. The molecule has 5 heteroatoms. The van der Waals surface area contributed by atoms with E-state index in [1.807, 2.05) is 12.1 Å². The van der Waals surface area contributed by atoms with Gasteiger partial charge in [-0.25, -0.2) is 0 Å². The zero-order valence-corrected chi connectivity index (χ0v) is 17.6. The summed E-state index contributed by atoms with van der Waals surface area (Å²) in [6, 6.07) is 21.1. The molecule has 27 heavy (non-hydrogen) atoms. The third-order valence-electron chi connectivity index (χ3n) is 5.30. The Morgan fingerprint density at radius 1 is 1.04 bits per heavy atom. The molecule has 2 aromatic carbocycles. The molecule has 2 atom stereocenters. The molecule has 0 spiro atoms. The van der Waals surface area contributed by atoms with Crippen LogP contribution in [0.15, 0.2) is 60.7 Å². The van der Waals surface area contributed by atoms with Gasteiger partial charge in [0.25, 0.3) is 8.32 Å². The van der Waals surface area contributed by atoms with Gasteiger partial charge in [-0.2, -0.15) is 0 Å². The highest BCUT2D eigenvalue weighted by Gasteiger charge is 2.50. The molecule has 2 aromatic rings. The highest BCUT2D eigenvalue weighted by molar-refractivity contribution is 6.99. The average molecular weight is 384 g/mol. The Morgan fingerprint density at radius 2 is 1.56 bits per heavy atom. The van der Waals surface area contributed by atoms with Crippen LogP contribution in [0.5, 0.6) is 0 Å². The number of carbonyl (C=O) groups excluding carboxylic acids is 1. The number of methoxy groups -OCH3 is 1. The van der Waals surface area contributed by atoms with Crippen molar-refractivity contribution in [1.82, 2.24) is 4.90 Å². The molecule has 1 fully saturated rings. The first-order chi connectivity index (χ1) is 12.9. The van der Waals surface area contributed by atoms with Crippen molar-refractivity contribution in [3.63, 3.8) is 0 Å². The predicted molar refractivity (Wildman–Crippen MR) is 111 cm³/mol. The number of esters is 1. The Morgan fingerprint density at radius 3 is 2.00 bits per heavy atom. The monoisotopic (exact) mass is 383 g/mol. The van der Waals surface area contributed by atoms with Gasteiger partial charge in [-0.3, -0.25) is 9.69 Å². The van der Waals surface area contributed by atoms with Crippen molar-refractivity contribution < 1.29 is 14.0 Å². The molecule has 1 aliphatic rings. The van der Waals surface area contributed by atoms with E-state index >= 15 is 0 Å². The SMILES string of the molecule is COC(=O)[C@H]1C[N@]1CCO[Si](c1ccccc1)(c1ccccc1)C(C)(C)C. The lowest BCUT2D eigenvalue weighted by molar-refractivity contribution is -0.140. The summed E-state index contributed by atoms with van der Waals surface area (Å²) in [5.74, 6) is -0.152. The summed E-state index contributed by atoms with van der Waals surface area (Å²) in [7, 11) is -1.05. The minimum atomic E-state index is -2.49. The van der Waals surface area contributed by atoms with E-state index in [1.165, 1.54) is 17.5 Å². The van der Waals surface area contributed by atoms with E-state index in [-0.39, 0.29) is 17.0 Å². The number of carbonyl (C=O) groups is 1. The molecule has 1 heterocycles. The van der Waals surface area contributed by atoms with Gasteiger partial charge in [0.05, 0.1) is 7.11 Å². The summed E-state index contributed by atoms with van der Waals surface area (Å²) in [5, 5.41) is 2.52. The summed E-state index contributed by atoms with van der Waals surface area (Å²) in [6.07, 6.45) is 0. The molecule has 0 aromatic heterocycles. The molecule has 0 bridgehead atoms. The first-order valence-electron chi connectivity index (χ1n) is 9.47. The van der Waals surface area contributed by atoms with E-state index in [0.29, 0.717) is 6.61 Å². The van der Waals surface area contributed by atoms with Gasteiger partial charge in [0, 0.05) is 19.7 Å². The fourth-order valence-corrected chi connectivity index (χ4v) is 8.41. The van der Waals surface area contributed by atoms with Crippen molar-refractivity contribution in [3.05, 3.63) is 60.7 Å². The summed E-state index contributed by atoms with van der Waals surface area (Å²) >= 11 is 0. The zero-order valence-electron chi connectivity index (χ0n) is 16.6. The number of ether oxygens (including phenoxy) is 1. The Balaban J connectivity index is 1.87. The van der Waals surface area contributed by atoms with E-state index in [0.717, 1.165) is 13.1 Å². The third-order valence-corrected chi connectivity index (χ3v) is 10.3. The fourth-order valence-electron chi connectivity index (χ4n) is 3.86. The Kier molecular flexibility index (Phi) is 5.84. The molecular weight excluding hydrogens is 354 g/mol. The van der Waals surface area contributed by atoms with Gasteiger partial charge in [0.2, 0.25) is 0 Å². The molecule has 0 saturated carbocycles. The number of hydrogen-bond donors (Lipinski definition) is 0. The van der Waals surface area contributed by atoms with Crippen molar-refractivity contribution in [2.24, 2.45) is 0 Å². The van der Waals surface area contributed by atoms with Crippen LogP contribution >= 0.6 is 0 Å². The largest absolute Gasteiger partial charge is 0.468 e. The van der Waals surface area contributed by atoms with E-state index in [2.05, 4.69) is 74.2 Å². The molecule has 4 nitrogen and oxygen atoms in total. The van der Waals surface area contributed by atoms with E-state index in [1.54, 1.807) is 0 Å². The maximum absolute atomic E-state index is 11.7. The summed E-state index contributed by atoms with van der Waals surface area (Å²) in [5.41, 5.74) is 0. The molecule has 1 aliphatic heterocycles. The zero-order chi connectivity index (χ0) is 19.5.